The molecule has 0 radical (unpaired) electrons. The van der Waals surface area contributed by atoms with Gasteiger partial charge in [0, 0.05) is 13.2 Å². The summed E-state index contributed by atoms with van der Waals surface area (Å²) in [6.07, 6.45) is 22.2. The van der Waals surface area contributed by atoms with Crippen LogP contribution >= 0.6 is 0 Å². The second-order valence-corrected chi connectivity index (χ2v) is 13.8. The molecular formula is C42H87NO11. The number of hydrogen-bond acceptors (Lipinski definition) is 12. The van der Waals surface area contributed by atoms with E-state index < -0.39 is 0 Å². The summed E-state index contributed by atoms with van der Waals surface area (Å²) in [6.45, 7) is 15.9. The molecule has 0 bridgehead atoms. The van der Waals surface area contributed by atoms with Crippen molar-refractivity contribution in [3.63, 3.8) is 0 Å². The Balaban J connectivity index is 3.05. The van der Waals surface area contributed by atoms with Gasteiger partial charge in [0.25, 0.3) is 0 Å². The minimum Gasteiger partial charge on any atom is -0.379 e. The molecule has 0 spiro atoms. The number of hydrogen-bond donors (Lipinski definition) is 0. The topological polar surface area (TPSA) is 105 Å². The van der Waals surface area contributed by atoms with E-state index in [0.717, 1.165) is 26.2 Å². The minimum atomic E-state index is 0.525. The summed E-state index contributed by atoms with van der Waals surface area (Å²) in [5.41, 5.74) is 0. The Bertz CT molecular complexity index is 651. The maximum atomic E-state index is 5.70. The fourth-order valence-electron chi connectivity index (χ4n) is 5.30. The van der Waals surface area contributed by atoms with Crippen molar-refractivity contribution in [2.75, 3.05) is 166 Å². The number of rotatable bonds is 50. The lowest BCUT2D eigenvalue weighted by Gasteiger charge is -2.10. The van der Waals surface area contributed by atoms with Crippen molar-refractivity contribution < 1.29 is 52.1 Å². The largest absolute Gasteiger partial charge is 0.379 e. The van der Waals surface area contributed by atoms with Gasteiger partial charge in [-0.25, -0.2) is 0 Å². The molecule has 0 aromatic rings. The molecule has 12 heteroatoms. The van der Waals surface area contributed by atoms with E-state index >= 15 is 0 Å². The van der Waals surface area contributed by atoms with Crippen molar-refractivity contribution in [3.05, 3.63) is 0 Å². The van der Waals surface area contributed by atoms with Crippen LogP contribution in [0.5, 0.6) is 0 Å². The molecular weight excluding hydrogens is 694 g/mol. The van der Waals surface area contributed by atoms with Crippen molar-refractivity contribution in [2.24, 2.45) is 0 Å². The third-order valence-corrected chi connectivity index (χ3v) is 8.55. The standard InChI is InChI=1S/C42H87NO11/c1-4-5-6-7-8-9-10-11-12-13-14-15-16-17-18-19-21-44-23-25-46-27-29-48-31-33-50-35-37-52-39-41-54-42-40-53-38-36-51-34-32-49-30-28-47-26-24-45-22-20-43(2)3/h4-42H2,1-3H3. The maximum Gasteiger partial charge on any atom is 0.0701 e. The molecule has 0 rings (SSSR count). The molecule has 326 valence electrons. The Kier molecular flexibility index (Phi) is 50.1. The molecule has 0 aromatic carbocycles. The number of likely N-dealkylation sites (N-methyl/N-ethyl adjacent to an activating group) is 1. The van der Waals surface area contributed by atoms with Gasteiger partial charge in [-0.1, -0.05) is 103 Å². The van der Waals surface area contributed by atoms with Gasteiger partial charge in [-0.05, 0) is 20.5 Å². The highest BCUT2D eigenvalue weighted by Crippen LogP contribution is 2.13. The highest BCUT2D eigenvalue weighted by Gasteiger charge is 1.98. The van der Waals surface area contributed by atoms with E-state index in [1.165, 1.54) is 96.3 Å². The molecule has 0 saturated heterocycles. The van der Waals surface area contributed by atoms with Gasteiger partial charge < -0.3 is 57.0 Å². The van der Waals surface area contributed by atoms with Gasteiger partial charge in [0.1, 0.15) is 0 Å². The first-order valence-electron chi connectivity index (χ1n) is 21.8. The monoisotopic (exact) mass is 782 g/mol. The zero-order chi connectivity index (χ0) is 38.9. The zero-order valence-electron chi connectivity index (χ0n) is 35.5. The Morgan fingerprint density at radius 2 is 0.407 bits per heavy atom. The van der Waals surface area contributed by atoms with Crippen LogP contribution < -0.4 is 0 Å². The third kappa shape index (κ3) is 51.5. The van der Waals surface area contributed by atoms with Crippen molar-refractivity contribution in [1.82, 2.24) is 4.90 Å². The van der Waals surface area contributed by atoms with Crippen LogP contribution in [0.15, 0.2) is 0 Å². The summed E-state index contributed by atoms with van der Waals surface area (Å²) in [5.74, 6) is 0. The van der Waals surface area contributed by atoms with Crippen LogP contribution in [-0.2, 0) is 52.1 Å². The molecule has 0 aromatic heterocycles. The van der Waals surface area contributed by atoms with Gasteiger partial charge >= 0.3 is 0 Å². The third-order valence-electron chi connectivity index (χ3n) is 8.55. The first kappa shape index (κ1) is 53.5. The van der Waals surface area contributed by atoms with Crippen molar-refractivity contribution >= 4 is 0 Å². The smallest absolute Gasteiger partial charge is 0.0701 e. The van der Waals surface area contributed by atoms with E-state index in [-0.39, 0.29) is 0 Å². The van der Waals surface area contributed by atoms with E-state index in [1.807, 2.05) is 14.1 Å². The molecule has 0 heterocycles. The molecule has 0 N–H and O–H groups in total. The summed E-state index contributed by atoms with van der Waals surface area (Å²) in [7, 11) is 4.05. The molecule has 0 unspecified atom stereocenters. The maximum absolute atomic E-state index is 5.70. The van der Waals surface area contributed by atoms with Crippen LogP contribution in [0.1, 0.15) is 110 Å². The predicted molar refractivity (Wildman–Crippen MR) is 217 cm³/mol. The van der Waals surface area contributed by atoms with Crippen LogP contribution in [0.4, 0.5) is 0 Å². The van der Waals surface area contributed by atoms with Crippen LogP contribution in [0.3, 0.4) is 0 Å². The van der Waals surface area contributed by atoms with Crippen LogP contribution in [0.25, 0.3) is 0 Å². The highest BCUT2D eigenvalue weighted by atomic mass is 16.6. The molecule has 0 aliphatic carbocycles. The second kappa shape index (κ2) is 50.5. The Morgan fingerprint density at radius 1 is 0.222 bits per heavy atom. The van der Waals surface area contributed by atoms with Gasteiger partial charge in [-0.3, -0.25) is 0 Å². The molecule has 0 aliphatic rings. The lowest BCUT2D eigenvalue weighted by atomic mass is 10.0. The van der Waals surface area contributed by atoms with Crippen molar-refractivity contribution in [2.45, 2.75) is 110 Å². The van der Waals surface area contributed by atoms with Gasteiger partial charge in [0.15, 0.2) is 0 Å². The average molecular weight is 782 g/mol. The summed E-state index contributed by atoms with van der Waals surface area (Å²) in [6, 6.07) is 0. The second-order valence-electron chi connectivity index (χ2n) is 13.8. The minimum absolute atomic E-state index is 0.525. The van der Waals surface area contributed by atoms with Crippen LogP contribution in [-0.4, -0.2) is 171 Å². The van der Waals surface area contributed by atoms with Gasteiger partial charge in [0.05, 0.1) is 139 Å². The fraction of sp³-hybridized carbons (Fsp3) is 1.00. The number of nitrogens with zero attached hydrogens (tertiary/aromatic N) is 1. The SMILES string of the molecule is CCCCCCCCCCCCCCCCCCOCCOCCOCCOCCOCCOCCOCCOCCOCCOCCOCCN(C)C. The molecule has 0 amide bonds. The first-order valence-corrected chi connectivity index (χ1v) is 21.8. The van der Waals surface area contributed by atoms with Gasteiger partial charge in [-0.2, -0.15) is 0 Å². The van der Waals surface area contributed by atoms with Crippen LogP contribution in [0, 0.1) is 0 Å². The lowest BCUT2D eigenvalue weighted by molar-refractivity contribution is -0.0276. The Labute approximate surface area is 332 Å². The van der Waals surface area contributed by atoms with E-state index in [2.05, 4.69) is 11.8 Å². The molecule has 0 saturated carbocycles. The van der Waals surface area contributed by atoms with Crippen molar-refractivity contribution in [3.8, 4) is 0 Å². The Hall–Kier alpha value is -0.480. The summed E-state index contributed by atoms with van der Waals surface area (Å²) < 4.78 is 60.8. The van der Waals surface area contributed by atoms with Gasteiger partial charge in [0.2, 0.25) is 0 Å². The predicted octanol–water partition coefficient (Wildman–Crippen LogP) is 6.99. The molecule has 0 aliphatic heterocycles. The normalized spacial score (nSPS) is 11.8. The number of ether oxygens (including phenoxy) is 11. The summed E-state index contributed by atoms with van der Waals surface area (Å²) in [4.78, 5) is 2.09. The molecule has 0 fully saturated rings. The van der Waals surface area contributed by atoms with Crippen LogP contribution in [0.2, 0.25) is 0 Å². The van der Waals surface area contributed by atoms with Crippen molar-refractivity contribution in [1.29, 1.82) is 0 Å². The van der Waals surface area contributed by atoms with E-state index in [0.29, 0.717) is 132 Å². The average Bonchev–Trinajstić information content (AvgIpc) is 3.17. The lowest BCUT2D eigenvalue weighted by Crippen LogP contribution is -2.19. The van der Waals surface area contributed by atoms with E-state index in [1.54, 1.807) is 0 Å². The number of unbranched alkanes of at least 4 members (excludes halogenated alkanes) is 15. The quantitative estimate of drug-likeness (QED) is 0.0595. The molecule has 54 heavy (non-hydrogen) atoms. The summed E-state index contributed by atoms with van der Waals surface area (Å²) >= 11 is 0. The summed E-state index contributed by atoms with van der Waals surface area (Å²) in [5, 5.41) is 0. The Morgan fingerprint density at radius 3 is 0.630 bits per heavy atom. The molecule has 0 atom stereocenters. The fourth-order valence-corrected chi connectivity index (χ4v) is 5.30. The zero-order valence-corrected chi connectivity index (χ0v) is 35.5. The molecule has 12 nitrogen and oxygen atoms in total. The first-order chi connectivity index (χ1) is 26.8. The van der Waals surface area contributed by atoms with E-state index in [4.69, 9.17) is 52.1 Å². The van der Waals surface area contributed by atoms with E-state index in [9.17, 15) is 0 Å². The van der Waals surface area contributed by atoms with Gasteiger partial charge in [-0.15, -0.1) is 0 Å². The highest BCUT2D eigenvalue weighted by molar-refractivity contribution is 4.50.